The lowest BCUT2D eigenvalue weighted by molar-refractivity contribution is -0.124. The van der Waals surface area contributed by atoms with Crippen LogP contribution in [0.25, 0.3) is 0 Å². The molecule has 4 nitrogen and oxygen atoms in total. The molecule has 0 aliphatic rings. The van der Waals surface area contributed by atoms with E-state index >= 15 is 0 Å². The van der Waals surface area contributed by atoms with Crippen LogP contribution < -0.4 is 5.32 Å². The minimum absolute atomic E-state index is 0.0109. The van der Waals surface area contributed by atoms with Gasteiger partial charge in [0.25, 0.3) is 0 Å². The van der Waals surface area contributed by atoms with E-state index in [0.717, 1.165) is 17.0 Å². The average molecular weight is 292 g/mol. The van der Waals surface area contributed by atoms with E-state index in [2.05, 4.69) is 10.4 Å². The predicted molar refractivity (Wildman–Crippen MR) is 79.7 cm³/mol. The van der Waals surface area contributed by atoms with Gasteiger partial charge in [0.05, 0.1) is 0 Å². The van der Waals surface area contributed by atoms with Gasteiger partial charge in [0.1, 0.15) is 6.04 Å². The van der Waals surface area contributed by atoms with E-state index in [1.54, 1.807) is 10.9 Å². The second-order valence-electron chi connectivity index (χ2n) is 4.54. The lowest BCUT2D eigenvalue weighted by atomic mass is 10.1. The first-order valence-corrected chi connectivity index (χ1v) is 7.10. The Morgan fingerprint density at radius 2 is 2.20 bits per heavy atom. The van der Waals surface area contributed by atoms with Crippen molar-refractivity contribution in [3.8, 4) is 0 Å². The number of hydrogen-bond acceptors (Lipinski definition) is 2. The maximum absolute atomic E-state index is 12.1. The van der Waals surface area contributed by atoms with Crippen molar-refractivity contribution >= 4 is 17.5 Å². The summed E-state index contributed by atoms with van der Waals surface area (Å²) in [7, 11) is 0. The number of benzene rings is 1. The average Bonchev–Trinajstić information content (AvgIpc) is 2.96. The van der Waals surface area contributed by atoms with Crippen molar-refractivity contribution in [2.45, 2.75) is 25.8 Å². The molecule has 1 amide bonds. The zero-order chi connectivity index (χ0) is 14.4. The molecule has 0 aliphatic carbocycles. The number of halogens is 1. The van der Waals surface area contributed by atoms with E-state index in [1.165, 1.54) is 0 Å². The van der Waals surface area contributed by atoms with Crippen molar-refractivity contribution in [3.05, 3.63) is 53.3 Å². The Morgan fingerprint density at radius 1 is 1.40 bits per heavy atom. The highest BCUT2D eigenvalue weighted by atomic mass is 35.5. The molecule has 0 saturated carbocycles. The summed E-state index contributed by atoms with van der Waals surface area (Å²) in [6, 6.07) is 9.24. The lowest BCUT2D eigenvalue weighted by Crippen LogP contribution is -2.33. The minimum atomic E-state index is -0.253. The lowest BCUT2D eigenvalue weighted by Gasteiger charge is -2.15. The van der Waals surface area contributed by atoms with Crippen LogP contribution in [0.4, 0.5) is 0 Å². The van der Waals surface area contributed by atoms with Gasteiger partial charge in [-0.1, -0.05) is 36.7 Å². The topological polar surface area (TPSA) is 46.9 Å². The first-order chi connectivity index (χ1) is 9.72. The third kappa shape index (κ3) is 3.61. The molecule has 0 unspecified atom stereocenters. The van der Waals surface area contributed by atoms with Crippen LogP contribution in [0.5, 0.6) is 0 Å². The van der Waals surface area contributed by atoms with E-state index in [1.807, 2.05) is 43.5 Å². The highest BCUT2D eigenvalue weighted by Crippen LogP contribution is 2.15. The summed E-state index contributed by atoms with van der Waals surface area (Å²) in [6.07, 6.45) is 4.92. The highest BCUT2D eigenvalue weighted by Gasteiger charge is 2.17. The summed E-state index contributed by atoms with van der Waals surface area (Å²) in [5.74, 6) is -0.0109. The Morgan fingerprint density at radius 3 is 2.85 bits per heavy atom. The number of hydrogen-bond donors (Lipinski definition) is 1. The molecule has 0 bridgehead atoms. The van der Waals surface area contributed by atoms with Gasteiger partial charge in [0.15, 0.2) is 0 Å². The molecule has 1 heterocycles. The smallest absolute Gasteiger partial charge is 0.244 e. The Balaban J connectivity index is 1.87. The van der Waals surface area contributed by atoms with Gasteiger partial charge in [-0.15, -0.1) is 0 Å². The molecule has 5 heteroatoms. The molecule has 1 N–H and O–H groups in total. The Labute approximate surface area is 123 Å². The van der Waals surface area contributed by atoms with Crippen LogP contribution in [0.2, 0.25) is 5.02 Å². The van der Waals surface area contributed by atoms with Gasteiger partial charge in [0, 0.05) is 24.0 Å². The summed E-state index contributed by atoms with van der Waals surface area (Å²) < 4.78 is 1.69. The maximum atomic E-state index is 12.1. The first-order valence-electron chi connectivity index (χ1n) is 6.72. The monoisotopic (exact) mass is 291 g/mol. The molecule has 1 aromatic carbocycles. The number of nitrogens with one attached hydrogen (secondary N) is 1. The molecule has 0 fully saturated rings. The molecule has 0 spiro atoms. The molecular weight excluding hydrogens is 274 g/mol. The third-order valence-corrected chi connectivity index (χ3v) is 3.55. The van der Waals surface area contributed by atoms with E-state index in [4.69, 9.17) is 11.6 Å². The Hall–Kier alpha value is -1.81. The van der Waals surface area contributed by atoms with Gasteiger partial charge in [-0.05, 0) is 30.5 Å². The van der Waals surface area contributed by atoms with E-state index < -0.39 is 0 Å². The van der Waals surface area contributed by atoms with Crippen LogP contribution in [-0.4, -0.2) is 22.2 Å². The molecule has 0 radical (unpaired) electrons. The summed E-state index contributed by atoms with van der Waals surface area (Å²) >= 11 is 6.08. The molecule has 2 aromatic rings. The van der Waals surface area contributed by atoms with Crippen molar-refractivity contribution < 1.29 is 4.79 Å². The molecule has 0 aliphatic heterocycles. The van der Waals surface area contributed by atoms with E-state index in [9.17, 15) is 4.79 Å². The van der Waals surface area contributed by atoms with Crippen LogP contribution in [0.1, 0.15) is 24.9 Å². The van der Waals surface area contributed by atoms with Crippen molar-refractivity contribution in [2.75, 3.05) is 6.54 Å². The number of carbonyl (C=O) groups excluding carboxylic acids is 1. The van der Waals surface area contributed by atoms with E-state index in [0.29, 0.717) is 13.0 Å². The largest absolute Gasteiger partial charge is 0.354 e. The van der Waals surface area contributed by atoms with Gasteiger partial charge in [-0.2, -0.15) is 5.10 Å². The second kappa shape index (κ2) is 7.10. The minimum Gasteiger partial charge on any atom is -0.354 e. The SMILES string of the molecule is CC[C@@H](C(=O)NCCc1ccccc1Cl)n1cccn1. The van der Waals surface area contributed by atoms with E-state index in [-0.39, 0.29) is 11.9 Å². The predicted octanol–water partition coefficient (Wildman–Crippen LogP) is 2.85. The van der Waals surface area contributed by atoms with Crippen LogP contribution in [0.3, 0.4) is 0 Å². The fourth-order valence-electron chi connectivity index (χ4n) is 2.10. The third-order valence-electron chi connectivity index (χ3n) is 3.18. The molecule has 106 valence electrons. The van der Waals surface area contributed by atoms with Gasteiger partial charge < -0.3 is 5.32 Å². The second-order valence-corrected chi connectivity index (χ2v) is 4.95. The van der Waals surface area contributed by atoms with Crippen LogP contribution >= 0.6 is 11.6 Å². The van der Waals surface area contributed by atoms with Crippen molar-refractivity contribution in [2.24, 2.45) is 0 Å². The van der Waals surface area contributed by atoms with Gasteiger partial charge in [-0.25, -0.2) is 0 Å². The molecule has 1 aromatic heterocycles. The van der Waals surface area contributed by atoms with Crippen LogP contribution in [-0.2, 0) is 11.2 Å². The summed E-state index contributed by atoms with van der Waals surface area (Å²) in [4.78, 5) is 12.1. The van der Waals surface area contributed by atoms with Gasteiger partial charge in [-0.3, -0.25) is 9.48 Å². The van der Waals surface area contributed by atoms with Gasteiger partial charge in [0.2, 0.25) is 5.91 Å². The zero-order valence-corrected chi connectivity index (χ0v) is 12.2. The van der Waals surface area contributed by atoms with Crippen molar-refractivity contribution in [3.63, 3.8) is 0 Å². The fourth-order valence-corrected chi connectivity index (χ4v) is 2.33. The number of carbonyl (C=O) groups is 1. The summed E-state index contributed by atoms with van der Waals surface area (Å²) in [6.45, 7) is 2.54. The highest BCUT2D eigenvalue weighted by molar-refractivity contribution is 6.31. The Kier molecular flexibility index (Phi) is 5.18. The molecular formula is C15H18ClN3O. The maximum Gasteiger partial charge on any atom is 0.244 e. The van der Waals surface area contributed by atoms with Crippen LogP contribution in [0, 0.1) is 0 Å². The number of rotatable bonds is 6. The standard InChI is InChI=1S/C15H18ClN3O/c1-2-14(19-11-5-9-18-19)15(20)17-10-8-12-6-3-4-7-13(12)16/h3-7,9,11,14H,2,8,10H2,1H3,(H,17,20)/t14-/m0/s1. The molecule has 2 rings (SSSR count). The molecule has 20 heavy (non-hydrogen) atoms. The van der Waals surface area contributed by atoms with Crippen LogP contribution in [0.15, 0.2) is 42.7 Å². The molecule has 1 atom stereocenters. The number of amides is 1. The van der Waals surface area contributed by atoms with Crippen molar-refractivity contribution in [1.82, 2.24) is 15.1 Å². The van der Waals surface area contributed by atoms with Crippen molar-refractivity contribution in [1.29, 1.82) is 0 Å². The summed E-state index contributed by atoms with van der Waals surface area (Å²) in [5, 5.41) is 7.80. The quantitative estimate of drug-likeness (QED) is 0.889. The fraction of sp³-hybridized carbons (Fsp3) is 0.333. The number of aromatic nitrogens is 2. The zero-order valence-electron chi connectivity index (χ0n) is 11.4. The summed E-state index contributed by atoms with van der Waals surface area (Å²) in [5.41, 5.74) is 1.04. The first kappa shape index (κ1) is 14.6. The number of nitrogens with zero attached hydrogens (tertiary/aromatic N) is 2. The normalized spacial score (nSPS) is 12.1. The molecule has 0 saturated heterocycles. The van der Waals surface area contributed by atoms with Gasteiger partial charge >= 0.3 is 0 Å². The Bertz CT molecular complexity index is 554.